The van der Waals surface area contributed by atoms with E-state index in [1.54, 1.807) is 6.08 Å². The summed E-state index contributed by atoms with van der Waals surface area (Å²) in [4.78, 5) is 12.5. The minimum absolute atomic E-state index is 0.288. The molecule has 0 spiro atoms. The SMILES string of the molecule is CCCCCC/C=C/CC/C=C/CC/C=C/C(O)C(CS(=O)(=O)O)NC(=O)CCCCCCCCCCCCCCCCCCCCCC. The van der Waals surface area contributed by atoms with Crippen molar-refractivity contribution in [2.24, 2.45) is 0 Å². The fourth-order valence-corrected chi connectivity index (χ4v) is 6.92. The van der Waals surface area contributed by atoms with Crippen molar-refractivity contribution in [1.29, 1.82) is 0 Å². The van der Waals surface area contributed by atoms with E-state index in [4.69, 9.17) is 0 Å². The van der Waals surface area contributed by atoms with Crippen LogP contribution in [-0.4, -0.2) is 41.9 Å². The lowest BCUT2D eigenvalue weighted by Crippen LogP contribution is -2.46. The van der Waals surface area contributed by atoms with Crippen LogP contribution in [-0.2, 0) is 14.9 Å². The monoisotopic (exact) mass is 710 g/mol. The van der Waals surface area contributed by atoms with Crippen LogP contribution < -0.4 is 5.32 Å². The molecule has 288 valence electrons. The van der Waals surface area contributed by atoms with Crippen LogP contribution in [0.15, 0.2) is 36.5 Å². The summed E-state index contributed by atoms with van der Waals surface area (Å²) < 4.78 is 32.4. The standard InChI is InChI=1S/C42H79NO5S/c1-3-5-7-9-11-13-15-17-19-20-21-22-23-24-26-28-30-32-34-36-38-42(45)43-40(39-49(46,47)48)41(44)37-35-33-31-29-27-25-18-16-14-12-10-8-6-4-2/h14,16,27,29,35,37,40-41,44H,3-13,15,17-26,28,30-34,36,38-39H2,1-2H3,(H,43,45)(H,46,47,48)/b16-14+,29-27+,37-35+. The van der Waals surface area contributed by atoms with Crippen molar-refractivity contribution in [3.63, 3.8) is 0 Å². The quantitative estimate of drug-likeness (QED) is 0.0338. The Morgan fingerprint density at radius 1 is 0.531 bits per heavy atom. The number of amides is 1. The van der Waals surface area contributed by atoms with E-state index < -0.39 is 28.0 Å². The van der Waals surface area contributed by atoms with Crippen LogP contribution in [0, 0.1) is 0 Å². The summed E-state index contributed by atoms with van der Waals surface area (Å²) in [7, 11) is -4.35. The van der Waals surface area contributed by atoms with Crippen molar-refractivity contribution in [2.75, 3.05) is 5.75 Å². The minimum Gasteiger partial charge on any atom is -0.387 e. The smallest absolute Gasteiger partial charge is 0.267 e. The highest BCUT2D eigenvalue weighted by atomic mass is 32.2. The fourth-order valence-electron chi connectivity index (χ4n) is 6.19. The van der Waals surface area contributed by atoms with Gasteiger partial charge in [-0.2, -0.15) is 8.42 Å². The molecule has 49 heavy (non-hydrogen) atoms. The van der Waals surface area contributed by atoms with E-state index in [1.165, 1.54) is 141 Å². The predicted octanol–water partition coefficient (Wildman–Crippen LogP) is 12.1. The van der Waals surface area contributed by atoms with Crippen LogP contribution in [0.1, 0.15) is 206 Å². The molecular weight excluding hydrogens is 631 g/mol. The Balaban J connectivity index is 3.91. The van der Waals surface area contributed by atoms with E-state index in [1.807, 2.05) is 0 Å². The molecule has 0 aromatic rings. The van der Waals surface area contributed by atoms with Crippen molar-refractivity contribution >= 4 is 16.0 Å². The highest BCUT2D eigenvalue weighted by Crippen LogP contribution is 2.15. The summed E-state index contributed by atoms with van der Waals surface area (Å²) in [5.74, 6) is -1.00. The van der Waals surface area contributed by atoms with Gasteiger partial charge in [0.05, 0.1) is 17.9 Å². The minimum atomic E-state index is -4.35. The number of aliphatic hydroxyl groups excluding tert-OH is 1. The highest BCUT2D eigenvalue weighted by Gasteiger charge is 2.24. The molecule has 0 aliphatic heterocycles. The van der Waals surface area contributed by atoms with E-state index in [9.17, 15) is 22.9 Å². The number of hydrogen-bond acceptors (Lipinski definition) is 4. The first-order chi connectivity index (χ1) is 23.8. The average Bonchev–Trinajstić information content (AvgIpc) is 3.06. The molecule has 0 heterocycles. The summed E-state index contributed by atoms with van der Waals surface area (Å²) in [5, 5.41) is 13.2. The summed E-state index contributed by atoms with van der Waals surface area (Å²) in [5.41, 5.74) is 0. The van der Waals surface area contributed by atoms with Gasteiger partial charge in [-0.3, -0.25) is 9.35 Å². The molecule has 6 nitrogen and oxygen atoms in total. The molecule has 0 bridgehead atoms. The van der Waals surface area contributed by atoms with Gasteiger partial charge in [-0.1, -0.05) is 192 Å². The van der Waals surface area contributed by atoms with Gasteiger partial charge in [0.15, 0.2) is 0 Å². The first-order valence-electron chi connectivity index (χ1n) is 20.7. The topological polar surface area (TPSA) is 104 Å². The molecule has 0 rings (SSSR count). The third-order valence-corrected chi connectivity index (χ3v) is 10.1. The van der Waals surface area contributed by atoms with Crippen LogP contribution in [0.4, 0.5) is 0 Å². The molecule has 0 aromatic heterocycles. The number of hydrogen-bond donors (Lipinski definition) is 3. The van der Waals surface area contributed by atoms with Crippen molar-refractivity contribution in [1.82, 2.24) is 5.32 Å². The van der Waals surface area contributed by atoms with E-state index >= 15 is 0 Å². The van der Waals surface area contributed by atoms with Gasteiger partial charge in [0, 0.05) is 6.42 Å². The molecule has 0 saturated heterocycles. The molecule has 7 heteroatoms. The zero-order valence-electron chi connectivity index (χ0n) is 32.1. The molecule has 0 aliphatic rings. The fraction of sp³-hybridized carbons (Fsp3) is 0.833. The Morgan fingerprint density at radius 2 is 0.878 bits per heavy atom. The van der Waals surface area contributed by atoms with Crippen molar-refractivity contribution in [3.8, 4) is 0 Å². The van der Waals surface area contributed by atoms with E-state index in [2.05, 4.69) is 43.5 Å². The largest absolute Gasteiger partial charge is 0.387 e. The predicted molar refractivity (Wildman–Crippen MR) is 212 cm³/mol. The molecule has 2 unspecified atom stereocenters. The summed E-state index contributed by atoms with van der Waals surface area (Å²) >= 11 is 0. The van der Waals surface area contributed by atoms with Gasteiger partial charge in [-0.05, 0) is 44.9 Å². The van der Waals surface area contributed by atoms with Gasteiger partial charge in [0.2, 0.25) is 5.91 Å². The molecule has 3 N–H and O–H groups in total. The second-order valence-electron chi connectivity index (χ2n) is 14.3. The number of rotatable bonds is 37. The van der Waals surface area contributed by atoms with Crippen LogP contribution in [0.25, 0.3) is 0 Å². The molecule has 0 saturated carbocycles. The van der Waals surface area contributed by atoms with Gasteiger partial charge in [-0.15, -0.1) is 0 Å². The first-order valence-corrected chi connectivity index (χ1v) is 22.3. The van der Waals surface area contributed by atoms with E-state index in [0.29, 0.717) is 6.42 Å². The summed E-state index contributed by atoms with van der Waals surface area (Å²) in [6, 6.07) is -1.08. The van der Waals surface area contributed by atoms with Crippen LogP contribution in [0.2, 0.25) is 0 Å². The zero-order chi connectivity index (χ0) is 36.1. The summed E-state index contributed by atoms with van der Waals surface area (Å²) in [6.07, 6.45) is 47.1. The molecule has 0 aliphatic carbocycles. The second kappa shape index (κ2) is 36.4. The lowest BCUT2D eigenvalue weighted by Gasteiger charge is -2.21. The third kappa shape index (κ3) is 37.6. The molecule has 0 fully saturated rings. The van der Waals surface area contributed by atoms with Gasteiger partial charge in [0.25, 0.3) is 10.1 Å². The Labute approximate surface area is 304 Å². The number of carbonyl (C=O) groups excluding carboxylic acids is 1. The Bertz CT molecular complexity index is 914. The van der Waals surface area contributed by atoms with Crippen LogP contribution in [0.3, 0.4) is 0 Å². The van der Waals surface area contributed by atoms with Gasteiger partial charge in [-0.25, -0.2) is 0 Å². The maximum Gasteiger partial charge on any atom is 0.267 e. The number of nitrogens with one attached hydrogen (secondary N) is 1. The molecule has 0 aromatic carbocycles. The maximum atomic E-state index is 12.5. The first kappa shape index (κ1) is 47.6. The second-order valence-corrected chi connectivity index (χ2v) is 15.8. The molecule has 2 atom stereocenters. The van der Waals surface area contributed by atoms with Gasteiger partial charge < -0.3 is 10.4 Å². The van der Waals surface area contributed by atoms with Gasteiger partial charge in [0.1, 0.15) is 0 Å². The number of carbonyl (C=O) groups is 1. The van der Waals surface area contributed by atoms with Gasteiger partial charge >= 0.3 is 0 Å². The lowest BCUT2D eigenvalue weighted by atomic mass is 10.0. The molecular formula is C42H79NO5S. The molecule has 1 amide bonds. The van der Waals surface area contributed by atoms with Crippen LogP contribution in [0.5, 0.6) is 0 Å². The average molecular weight is 710 g/mol. The Morgan fingerprint density at radius 3 is 1.29 bits per heavy atom. The maximum absolute atomic E-state index is 12.5. The number of unbranched alkanes of at least 4 members (excludes halogenated alkanes) is 25. The third-order valence-electron chi connectivity index (χ3n) is 9.30. The van der Waals surface area contributed by atoms with Crippen molar-refractivity contribution < 1.29 is 22.9 Å². The summed E-state index contributed by atoms with van der Waals surface area (Å²) in [6.45, 7) is 4.50. The zero-order valence-corrected chi connectivity index (χ0v) is 32.9. The van der Waals surface area contributed by atoms with Crippen molar-refractivity contribution in [3.05, 3.63) is 36.5 Å². The highest BCUT2D eigenvalue weighted by molar-refractivity contribution is 7.85. The molecule has 0 radical (unpaired) electrons. The normalized spacial score (nSPS) is 13.6. The lowest BCUT2D eigenvalue weighted by molar-refractivity contribution is -0.122. The number of allylic oxidation sites excluding steroid dienone is 5. The van der Waals surface area contributed by atoms with E-state index in [-0.39, 0.29) is 12.3 Å². The Hall–Kier alpha value is -1.44. The Kier molecular flexibility index (Phi) is 35.3. The number of aliphatic hydroxyl groups is 1. The van der Waals surface area contributed by atoms with Crippen LogP contribution >= 0.6 is 0 Å². The van der Waals surface area contributed by atoms with Crippen molar-refractivity contribution in [2.45, 2.75) is 219 Å². The van der Waals surface area contributed by atoms with E-state index in [0.717, 1.165) is 44.9 Å².